The molecular formula is C34H27N5OSi. The van der Waals surface area contributed by atoms with Crippen LogP contribution in [0.5, 0.6) is 11.5 Å². The fraction of sp³-hybridized carbons (Fsp3) is 0.0882. The third-order valence-electron chi connectivity index (χ3n) is 7.75. The van der Waals surface area contributed by atoms with E-state index >= 15 is 0 Å². The standard InChI is InChI=1S/C34H27N5OSi/c1-41(2,3)34-30(21-26-32(37-34)25-11-5-6-12-27(25)38-19-18-36-33(26)38)40-22-15-16-24-23-10-4-7-13-28(23)39(29(24)20-22)31-14-8-9-17-35-31/h4-21H,1-3H3. The summed E-state index contributed by atoms with van der Waals surface area (Å²) >= 11 is 0. The molecule has 0 aliphatic carbocycles. The Morgan fingerprint density at radius 3 is 2.22 bits per heavy atom. The van der Waals surface area contributed by atoms with Gasteiger partial charge in [-0.3, -0.25) is 14.0 Å². The number of para-hydroxylation sites is 2. The Labute approximate surface area is 237 Å². The van der Waals surface area contributed by atoms with E-state index in [2.05, 4.69) is 106 Å². The highest BCUT2D eigenvalue weighted by atomic mass is 28.3. The lowest BCUT2D eigenvalue weighted by Crippen LogP contribution is -2.40. The van der Waals surface area contributed by atoms with Crippen molar-refractivity contribution in [3.63, 3.8) is 0 Å². The highest BCUT2D eigenvalue weighted by Gasteiger charge is 2.26. The number of nitrogens with zero attached hydrogens (tertiary/aromatic N) is 5. The molecule has 5 heterocycles. The first-order chi connectivity index (χ1) is 20.0. The van der Waals surface area contributed by atoms with Gasteiger partial charge in [-0.1, -0.05) is 62.1 Å². The van der Waals surface area contributed by atoms with E-state index < -0.39 is 8.07 Å². The number of hydrogen-bond acceptors (Lipinski definition) is 4. The van der Waals surface area contributed by atoms with Crippen molar-refractivity contribution in [1.29, 1.82) is 0 Å². The van der Waals surface area contributed by atoms with E-state index in [1.54, 1.807) is 0 Å². The summed E-state index contributed by atoms with van der Waals surface area (Å²) in [7, 11) is -1.91. The Balaban J connectivity index is 1.37. The van der Waals surface area contributed by atoms with Crippen LogP contribution in [0.3, 0.4) is 0 Å². The van der Waals surface area contributed by atoms with Crippen molar-refractivity contribution in [3.05, 3.63) is 110 Å². The van der Waals surface area contributed by atoms with Gasteiger partial charge in [0, 0.05) is 46.2 Å². The largest absolute Gasteiger partial charge is 0.456 e. The Morgan fingerprint density at radius 2 is 1.41 bits per heavy atom. The van der Waals surface area contributed by atoms with Crippen molar-refractivity contribution in [3.8, 4) is 17.3 Å². The van der Waals surface area contributed by atoms with Crippen LogP contribution < -0.4 is 10.1 Å². The quantitative estimate of drug-likeness (QED) is 0.166. The van der Waals surface area contributed by atoms with Gasteiger partial charge in [-0.05, 0) is 42.5 Å². The number of hydrogen-bond donors (Lipinski definition) is 0. The van der Waals surface area contributed by atoms with Crippen LogP contribution in [0.25, 0.3) is 55.1 Å². The third-order valence-corrected chi connectivity index (χ3v) is 9.53. The van der Waals surface area contributed by atoms with Crippen LogP contribution in [0.15, 0.2) is 110 Å². The Hall–Kier alpha value is -5.01. The highest BCUT2D eigenvalue weighted by Crippen LogP contribution is 2.36. The van der Waals surface area contributed by atoms with Gasteiger partial charge in [0.25, 0.3) is 0 Å². The lowest BCUT2D eigenvalue weighted by molar-refractivity contribution is 0.486. The maximum atomic E-state index is 6.78. The van der Waals surface area contributed by atoms with Gasteiger partial charge in [0.2, 0.25) is 0 Å². The zero-order valence-corrected chi connectivity index (χ0v) is 24.0. The second-order valence-corrected chi connectivity index (χ2v) is 16.4. The summed E-state index contributed by atoms with van der Waals surface area (Å²) in [6.07, 6.45) is 5.68. The first-order valence-corrected chi connectivity index (χ1v) is 17.3. The molecule has 0 aliphatic rings. The summed E-state index contributed by atoms with van der Waals surface area (Å²) in [6, 6.07) is 31.3. The fourth-order valence-corrected chi connectivity index (χ4v) is 7.25. The number of rotatable bonds is 4. The molecule has 0 fully saturated rings. The van der Waals surface area contributed by atoms with Crippen LogP contribution in [0.1, 0.15) is 0 Å². The Bertz CT molecular complexity index is 2280. The molecule has 0 unspecified atom stereocenters. The van der Waals surface area contributed by atoms with E-state index in [1.807, 2.05) is 36.8 Å². The molecule has 7 heteroatoms. The first-order valence-electron chi connectivity index (χ1n) is 13.8. The molecule has 41 heavy (non-hydrogen) atoms. The lowest BCUT2D eigenvalue weighted by atomic mass is 10.1. The van der Waals surface area contributed by atoms with Crippen LogP contribution in [-0.2, 0) is 0 Å². The smallest absolute Gasteiger partial charge is 0.146 e. The third kappa shape index (κ3) is 3.66. The molecule has 0 amide bonds. The summed E-state index contributed by atoms with van der Waals surface area (Å²) in [5.41, 5.74) is 5.11. The molecule has 0 saturated carbocycles. The van der Waals surface area contributed by atoms with Crippen LogP contribution in [0.2, 0.25) is 19.6 Å². The number of benzene rings is 3. The Morgan fingerprint density at radius 1 is 0.659 bits per heavy atom. The normalized spacial score (nSPS) is 12.3. The van der Waals surface area contributed by atoms with Gasteiger partial charge in [-0.2, -0.15) is 0 Å². The van der Waals surface area contributed by atoms with E-state index in [1.165, 1.54) is 5.39 Å². The minimum absolute atomic E-state index is 0.762. The number of aromatic nitrogens is 5. The van der Waals surface area contributed by atoms with Gasteiger partial charge in [-0.25, -0.2) is 9.97 Å². The van der Waals surface area contributed by atoms with Crippen LogP contribution in [0.4, 0.5) is 0 Å². The van der Waals surface area contributed by atoms with Gasteiger partial charge in [-0.15, -0.1) is 0 Å². The second kappa shape index (κ2) is 8.74. The fourth-order valence-electron chi connectivity index (χ4n) is 5.94. The van der Waals surface area contributed by atoms with Crippen molar-refractivity contribution in [2.24, 2.45) is 0 Å². The van der Waals surface area contributed by atoms with Crippen LogP contribution in [-0.4, -0.2) is 32.0 Å². The number of pyridine rings is 3. The van der Waals surface area contributed by atoms with E-state index in [-0.39, 0.29) is 0 Å². The molecule has 0 bridgehead atoms. The minimum atomic E-state index is -1.91. The number of ether oxygens (including phenoxy) is 1. The van der Waals surface area contributed by atoms with E-state index in [4.69, 9.17) is 14.7 Å². The SMILES string of the molecule is C[Si](C)(C)c1nc2c3ccccc3n3ccnc3c2cc1Oc1ccc2c3ccccc3n(-c3ccccn3)c2c1. The van der Waals surface area contributed by atoms with E-state index in [9.17, 15) is 0 Å². The van der Waals surface area contributed by atoms with Gasteiger partial charge in [0.1, 0.15) is 31.0 Å². The number of fused-ring (bicyclic) bond motifs is 9. The highest BCUT2D eigenvalue weighted by molar-refractivity contribution is 6.88. The molecule has 6 nitrogen and oxygen atoms in total. The monoisotopic (exact) mass is 549 g/mol. The van der Waals surface area contributed by atoms with Gasteiger partial charge < -0.3 is 4.74 Å². The Kier molecular flexibility index (Phi) is 5.08. The van der Waals surface area contributed by atoms with Gasteiger partial charge in [0.15, 0.2) is 0 Å². The summed E-state index contributed by atoms with van der Waals surface area (Å²) in [5.74, 6) is 2.43. The van der Waals surface area contributed by atoms with Crippen molar-refractivity contribution >= 4 is 62.6 Å². The van der Waals surface area contributed by atoms with Crippen molar-refractivity contribution in [2.45, 2.75) is 19.6 Å². The van der Waals surface area contributed by atoms with Gasteiger partial charge >= 0.3 is 0 Å². The molecule has 3 aromatic carbocycles. The molecule has 0 N–H and O–H groups in total. The molecular weight excluding hydrogens is 522 g/mol. The summed E-state index contributed by atoms with van der Waals surface area (Å²) < 4.78 is 11.1. The molecule has 0 aliphatic heterocycles. The van der Waals surface area contributed by atoms with Crippen molar-refractivity contribution in [2.75, 3.05) is 0 Å². The predicted molar refractivity (Wildman–Crippen MR) is 170 cm³/mol. The molecule has 0 spiro atoms. The zero-order chi connectivity index (χ0) is 27.7. The van der Waals surface area contributed by atoms with Crippen molar-refractivity contribution < 1.29 is 4.74 Å². The van der Waals surface area contributed by atoms with E-state index in [0.29, 0.717) is 0 Å². The zero-order valence-electron chi connectivity index (χ0n) is 23.0. The van der Waals surface area contributed by atoms with E-state index in [0.717, 1.165) is 66.5 Å². The molecule has 5 aromatic heterocycles. The lowest BCUT2D eigenvalue weighted by Gasteiger charge is -2.21. The maximum Gasteiger partial charge on any atom is 0.146 e. The molecule has 0 radical (unpaired) electrons. The molecule has 8 aromatic rings. The number of imidazole rings is 1. The summed E-state index contributed by atoms with van der Waals surface area (Å²) in [4.78, 5) is 14.7. The molecule has 0 saturated heterocycles. The maximum absolute atomic E-state index is 6.78. The summed E-state index contributed by atoms with van der Waals surface area (Å²) in [5, 5.41) is 5.47. The average molecular weight is 550 g/mol. The molecule has 0 atom stereocenters. The second-order valence-electron chi connectivity index (χ2n) is 11.4. The minimum Gasteiger partial charge on any atom is -0.456 e. The van der Waals surface area contributed by atoms with Crippen LogP contribution in [0, 0.1) is 0 Å². The van der Waals surface area contributed by atoms with Crippen LogP contribution >= 0.6 is 0 Å². The molecule has 8 rings (SSSR count). The van der Waals surface area contributed by atoms with Crippen molar-refractivity contribution in [1.82, 2.24) is 23.9 Å². The average Bonchev–Trinajstić information content (AvgIpc) is 3.60. The molecule has 198 valence electrons. The summed E-state index contributed by atoms with van der Waals surface area (Å²) in [6.45, 7) is 6.94. The van der Waals surface area contributed by atoms with Gasteiger partial charge in [0.05, 0.1) is 27.4 Å². The predicted octanol–water partition coefficient (Wildman–Crippen LogP) is 7.87. The first kappa shape index (κ1) is 23.8. The topological polar surface area (TPSA) is 57.2 Å².